The van der Waals surface area contributed by atoms with E-state index in [1.165, 1.54) is 0 Å². The second kappa shape index (κ2) is 7.09. The van der Waals surface area contributed by atoms with Crippen LogP contribution in [0.4, 0.5) is 0 Å². The Balaban J connectivity index is 1.92. The number of amides is 1. The highest BCUT2D eigenvalue weighted by atomic mass is 35.5. The molecule has 0 saturated heterocycles. The molecule has 0 radical (unpaired) electrons. The minimum Gasteiger partial charge on any atom is -0.484 e. The van der Waals surface area contributed by atoms with Crippen LogP contribution in [0.1, 0.15) is 32.1 Å². The van der Waals surface area contributed by atoms with E-state index < -0.39 is 5.54 Å². The molecule has 1 aromatic rings. The van der Waals surface area contributed by atoms with Gasteiger partial charge in [-0.25, -0.2) is 0 Å². The Labute approximate surface area is 135 Å². The number of nitrogens with one attached hydrogen (secondary N) is 1. The molecule has 1 saturated carbocycles. The molecule has 1 aromatic carbocycles. The van der Waals surface area contributed by atoms with Gasteiger partial charge < -0.3 is 15.8 Å². The lowest BCUT2D eigenvalue weighted by atomic mass is 9.81. The maximum atomic E-state index is 12.1. The molecule has 0 spiro atoms. The Kier molecular flexibility index (Phi) is 5.42. The normalized spacial score (nSPS) is 17.0. The molecule has 0 aromatic heterocycles. The van der Waals surface area contributed by atoms with Gasteiger partial charge in [-0.15, -0.1) is 0 Å². The molecule has 1 amide bonds. The van der Waals surface area contributed by atoms with Gasteiger partial charge in [0.25, 0.3) is 5.91 Å². The third kappa shape index (κ3) is 4.32. The molecule has 0 aliphatic heterocycles. The van der Waals surface area contributed by atoms with Gasteiger partial charge in [0.1, 0.15) is 5.75 Å². The molecule has 0 bridgehead atoms. The van der Waals surface area contributed by atoms with Gasteiger partial charge in [-0.1, -0.05) is 49.1 Å². The van der Waals surface area contributed by atoms with Gasteiger partial charge in [0.15, 0.2) is 6.61 Å². The Morgan fingerprint density at radius 1 is 1.38 bits per heavy atom. The van der Waals surface area contributed by atoms with Crippen LogP contribution in [0.15, 0.2) is 24.3 Å². The van der Waals surface area contributed by atoms with Crippen LogP contribution in [-0.2, 0) is 4.79 Å². The molecule has 2 rings (SSSR count). The average molecular weight is 327 g/mol. The van der Waals surface area contributed by atoms with Crippen LogP contribution < -0.4 is 15.8 Å². The number of carbonyl (C=O) groups excluding carboxylic acids is 1. The van der Waals surface area contributed by atoms with Crippen molar-refractivity contribution in [1.82, 2.24) is 5.32 Å². The summed E-state index contributed by atoms with van der Waals surface area (Å²) in [5, 5.41) is 3.52. The zero-order valence-corrected chi connectivity index (χ0v) is 13.3. The number of halogens is 1. The van der Waals surface area contributed by atoms with E-state index in [2.05, 4.69) is 5.32 Å². The number of benzene rings is 1. The van der Waals surface area contributed by atoms with Crippen molar-refractivity contribution in [3.8, 4) is 5.75 Å². The Hall–Kier alpha value is -1.33. The first-order valence-corrected chi connectivity index (χ1v) is 7.80. The van der Waals surface area contributed by atoms with Crippen molar-refractivity contribution < 1.29 is 9.53 Å². The second-order valence-electron chi connectivity index (χ2n) is 5.30. The van der Waals surface area contributed by atoms with Gasteiger partial charge in [0.05, 0.1) is 10.5 Å². The summed E-state index contributed by atoms with van der Waals surface area (Å²) in [6.45, 7) is -0.0787. The summed E-state index contributed by atoms with van der Waals surface area (Å²) in [5.74, 6) is 0.343. The molecule has 114 valence electrons. The summed E-state index contributed by atoms with van der Waals surface area (Å²) in [4.78, 5) is 12.5. The van der Waals surface area contributed by atoms with Crippen molar-refractivity contribution in [2.45, 2.75) is 37.6 Å². The summed E-state index contributed by atoms with van der Waals surface area (Å²) in [6, 6.07) is 6.94. The molecular formula is C15H19ClN2O2S. The molecule has 3 N–H and O–H groups in total. The molecule has 1 aliphatic rings. The molecule has 0 heterocycles. The highest BCUT2D eigenvalue weighted by molar-refractivity contribution is 7.80. The summed E-state index contributed by atoms with van der Waals surface area (Å²) >= 11 is 11.0. The fraction of sp³-hybridized carbons (Fsp3) is 0.467. The lowest BCUT2D eigenvalue weighted by Crippen LogP contribution is -2.58. The minimum absolute atomic E-state index is 0.0787. The molecule has 0 atom stereocenters. The van der Waals surface area contributed by atoms with Crippen molar-refractivity contribution in [2.24, 2.45) is 5.73 Å². The van der Waals surface area contributed by atoms with Gasteiger partial charge in [0, 0.05) is 5.02 Å². The SMILES string of the molecule is NC(=S)C1(NC(=O)COc2cccc(Cl)c2)CCCCC1. The number of carbonyl (C=O) groups is 1. The third-order valence-corrected chi connectivity index (χ3v) is 4.35. The van der Waals surface area contributed by atoms with E-state index in [9.17, 15) is 4.79 Å². The Morgan fingerprint density at radius 2 is 2.10 bits per heavy atom. The van der Waals surface area contributed by atoms with E-state index in [1.54, 1.807) is 24.3 Å². The summed E-state index contributed by atoms with van der Waals surface area (Å²) < 4.78 is 5.43. The van der Waals surface area contributed by atoms with E-state index in [4.69, 9.17) is 34.3 Å². The standard InChI is InChI=1S/C15H19ClN2O2S/c16-11-5-4-6-12(9-11)20-10-13(19)18-15(14(17)21)7-2-1-3-8-15/h4-6,9H,1-3,7-8,10H2,(H2,17,21)(H,18,19). The van der Waals surface area contributed by atoms with Crippen LogP contribution >= 0.6 is 23.8 Å². The molecule has 4 nitrogen and oxygen atoms in total. The first kappa shape index (κ1) is 16.0. The zero-order valence-electron chi connectivity index (χ0n) is 11.7. The lowest BCUT2D eigenvalue weighted by molar-refractivity contribution is -0.124. The minimum atomic E-state index is -0.553. The predicted molar refractivity (Wildman–Crippen MR) is 87.7 cm³/mol. The maximum absolute atomic E-state index is 12.1. The van der Waals surface area contributed by atoms with Crippen LogP contribution in [-0.4, -0.2) is 23.0 Å². The molecule has 6 heteroatoms. The van der Waals surface area contributed by atoms with E-state index in [-0.39, 0.29) is 12.5 Å². The number of hydrogen-bond acceptors (Lipinski definition) is 3. The number of hydrogen-bond donors (Lipinski definition) is 2. The van der Waals surface area contributed by atoms with Gasteiger partial charge in [-0.05, 0) is 31.0 Å². The van der Waals surface area contributed by atoms with Crippen molar-refractivity contribution in [3.05, 3.63) is 29.3 Å². The van der Waals surface area contributed by atoms with Gasteiger partial charge in [0.2, 0.25) is 0 Å². The smallest absolute Gasteiger partial charge is 0.258 e. The number of thiocarbonyl (C=S) groups is 1. The fourth-order valence-electron chi connectivity index (χ4n) is 2.60. The van der Waals surface area contributed by atoms with E-state index in [0.717, 1.165) is 32.1 Å². The third-order valence-electron chi connectivity index (χ3n) is 3.72. The predicted octanol–water partition coefficient (Wildman–Crippen LogP) is 2.82. The number of ether oxygens (including phenoxy) is 1. The van der Waals surface area contributed by atoms with Crippen LogP contribution in [0.3, 0.4) is 0 Å². The summed E-state index contributed by atoms with van der Waals surface area (Å²) in [6.07, 6.45) is 4.79. The van der Waals surface area contributed by atoms with Crippen molar-refractivity contribution >= 4 is 34.7 Å². The van der Waals surface area contributed by atoms with Crippen molar-refractivity contribution in [1.29, 1.82) is 0 Å². The molecule has 1 fully saturated rings. The van der Waals surface area contributed by atoms with E-state index >= 15 is 0 Å². The van der Waals surface area contributed by atoms with E-state index in [1.807, 2.05) is 0 Å². The van der Waals surface area contributed by atoms with Crippen molar-refractivity contribution in [3.63, 3.8) is 0 Å². The lowest BCUT2D eigenvalue weighted by Gasteiger charge is -2.37. The highest BCUT2D eigenvalue weighted by Gasteiger charge is 2.36. The van der Waals surface area contributed by atoms with Gasteiger partial charge in [-0.3, -0.25) is 4.79 Å². The second-order valence-corrected chi connectivity index (χ2v) is 6.18. The summed E-state index contributed by atoms with van der Waals surface area (Å²) in [7, 11) is 0. The maximum Gasteiger partial charge on any atom is 0.258 e. The molecule has 1 aliphatic carbocycles. The summed E-state index contributed by atoms with van der Waals surface area (Å²) in [5.41, 5.74) is 5.28. The first-order valence-electron chi connectivity index (χ1n) is 7.01. The van der Waals surface area contributed by atoms with Crippen LogP contribution in [0.25, 0.3) is 0 Å². The van der Waals surface area contributed by atoms with Crippen molar-refractivity contribution in [2.75, 3.05) is 6.61 Å². The average Bonchev–Trinajstić information content (AvgIpc) is 2.46. The highest BCUT2D eigenvalue weighted by Crippen LogP contribution is 2.28. The Bertz CT molecular complexity index is 530. The van der Waals surface area contributed by atoms with Crippen LogP contribution in [0.2, 0.25) is 5.02 Å². The first-order chi connectivity index (χ1) is 10.0. The molecule has 0 unspecified atom stereocenters. The quantitative estimate of drug-likeness (QED) is 0.817. The number of rotatable bonds is 5. The largest absolute Gasteiger partial charge is 0.484 e. The molecule has 21 heavy (non-hydrogen) atoms. The topological polar surface area (TPSA) is 64.3 Å². The fourth-order valence-corrected chi connectivity index (χ4v) is 3.03. The van der Waals surface area contributed by atoms with Crippen LogP contribution in [0.5, 0.6) is 5.75 Å². The molecular weight excluding hydrogens is 308 g/mol. The van der Waals surface area contributed by atoms with E-state index in [0.29, 0.717) is 15.8 Å². The Morgan fingerprint density at radius 3 is 2.71 bits per heavy atom. The van der Waals surface area contributed by atoms with Gasteiger partial charge >= 0.3 is 0 Å². The van der Waals surface area contributed by atoms with Crippen LogP contribution in [0, 0.1) is 0 Å². The van der Waals surface area contributed by atoms with Gasteiger partial charge in [-0.2, -0.15) is 0 Å². The number of nitrogens with two attached hydrogens (primary N) is 1. The monoisotopic (exact) mass is 326 g/mol. The zero-order chi connectivity index (χ0) is 15.3.